The van der Waals surface area contributed by atoms with Gasteiger partial charge in [0, 0.05) is 7.05 Å². The van der Waals surface area contributed by atoms with E-state index in [-0.39, 0.29) is 0 Å². The van der Waals surface area contributed by atoms with Crippen molar-refractivity contribution in [3.63, 3.8) is 0 Å². The summed E-state index contributed by atoms with van der Waals surface area (Å²) in [4.78, 5) is 6.16. The zero-order chi connectivity index (χ0) is 10.8. The Bertz CT molecular complexity index is 519. The maximum absolute atomic E-state index is 9.01. The third-order valence-corrected chi connectivity index (χ3v) is 4.02. The molecule has 0 atom stereocenters. The van der Waals surface area contributed by atoms with E-state index in [2.05, 4.69) is 16.4 Å². The highest BCUT2D eigenvalue weighted by Crippen LogP contribution is 2.35. The van der Waals surface area contributed by atoms with Crippen molar-refractivity contribution >= 4 is 27.8 Å². The van der Waals surface area contributed by atoms with Crippen molar-refractivity contribution in [2.45, 2.75) is 6.92 Å². The van der Waals surface area contributed by atoms with E-state index in [1.807, 2.05) is 25.4 Å². The lowest BCUT2D eigenvalue weighted by Gasteiger charge is -1.94. The van der Waals surface area contributed by atoms with Crippen molar-refractivity contribution in [1.29, 1.82) is 5.26 Å². The van der Waals surface area contributed by atoms with Crippen molar-refractivity contribution < 1.29 is 0 Å². The maximum atomic E-state index is 9.01. The average molecular weight is 235 g/mol. The molecule has 0 saturated heterocycles. The number of nitrogens with one attached hydrogen (secondary N) is 1. The third-order valence-electron chi connectivity index (χ3n) is 2.02. The van der Waals surface area contributed by atoms with Gasteiger partial charge < -0.3 is 5.32 Å². The smallest absolute Gasteiger partial charge is 0.184 e. The number of thiazole rings is 1. The van der Waals surface area contributed by atoms with Gasteiger partial charge in [0.2, 0.25) is 0 Å². The molecule has 0 unspecified atom stereocenters. The summed E-state index contributed by atoms with van der Waals surface area (Å²) in [5.41, 5.74) is 1.98. The molecule has 2 rings (SSSR count). The molecule has 5 heteroatoms. The van der Waals surface area contributed by atoms with Gasteiger partial charge in [-0.1, -0.05) is 11.3 Å². The number of nitrogens with zero attached hydrogens (tertiary/aromatic N) is 2. The fraction of sp³-hybridized carbons (Fsp3) is 0.200. The Morgan fingerprint density at radius 2 is 2.33 bits per heavy atom. The molecule has 3 nitrogen and oxygen atoms in total. The fourth-order valence-corrected chi connectivity index (χ4v) is 2.98. The van der Waals surface area contributed by atoms with Crippen LogP contribution < -0.4 is 5.32 Å². The Balaban J connectivity index is 2.58. The molecule has 1 N–H and O–H groups in total. The Morgan fingerprint density at radius 3 is 2.87 bits per heavy atom. The van der Waals surface area contributed by atoms with Crippen LogP contribution in [-0.4, -0.2) is 12.0 Å². The first-order chi connectivity index (χ1) is 7.26. The molecule has 0 spiro atoms. The Morgan fingerprint density at radius 1 is 1.53 bits per heavy atom. The van der Waals surface area contributed by atoms with Crippen LogP contribution in [0.25, 0.3) is 10.6 Å². The van der Waals surface area contributed by atoms with Gasteiger partial charge in [0.1, 0.15) is 16.6 Å². The van der Waals surface area contributed by atoms with Crippen LogP contribution in [0.15, 0.2) is 11.4 Å². The van der Waals surface area contributed by atoms with E-state index >= 15 is 0 Å². The zero-order valence-electron chi connectivity index (χ0n) is 8.37. The lowest BCUT2D eigenvalue weighted by molar-refractivity contribution is 1.35. The predicted octanol–water partition coefficient (Wildman–Crippen LogP) is 3.09. The average Bonchev–Trinajstić information content (AvgIpc) is 2.82. The highest BCUT2D eigenvalue weighted by Gasteiger charge is 2.14. The first-order valence-electron chi connectivity index (χ1n) is 4.39. The summed E-state index contributed by atoms with van der Waals surface area (Å²) in [7, 11) is 1.81. The van der Waals surface area contributed by atoms with Gasteiger partial charge in [-0.2, -0.15) is 5.26 Å². The predicted molar refractivity (Wildman–Crippen MR) is 64.4 cm³/mol. The lowest BCUT2D eigenvalue weighted by Crippen LogP contribution is -1.85. The van der Waals surface area contributed by atoms with Crippen molar-refractivity contribution in [2.24, 2.45) is 0 Å². The van der Waals surface area contributed by atoms with Crippen LogP contribution in [0.2, 0.25) is 0 Å². The van der Waals surface area contributed by atoms with E-state index in [1.54, 1.807) is 11.3 Å². The largest absolute Gasteiger partial charge is 0.365 e. The third kappa shape index (κ3) is 1.74. The topological polar surface area (TPSA) is 48.7 Å². The van der Waals surface area contributed by atoms with E-state index in [0.717, 1.165) is 15.7 Å². The second-order valence-electron chi connectivity index (χ2n) is 2.99. The molecule has 0 fully saturated rings. The highest BCUT2D eigenvalue weighted by atomic mass is 32.1. The quantitative estimate of drug-likeness (QED) is 0.870. The van der Waals surface area contributed by atoms with E-state index < -0.39 is 0 Å². The molecular weight excluding hydrogens is 226 g/mol. The van der Waals surface area contributed by atoms with Crippen LogP contribution in [0.4, 0.5) is 5.13 Å². The monoisotopic (exact) mass is 235 g/mol. The molecule has 2 aromatic heterocycles. The number of rotatable bonds is 2. The first-order valence-corrected chi connectivity index (χ1v) is 6.09. The Labute approximate surface area is 96.0 Å². The van der Waals surface area contributed by atoms with Crippen LogP contribution in [0, 0.1) is 18.3 Å². The molecule has 0 aliphatic rings. The Hall–Kier alpha value is -1.38. The number of hydrogen-bond donors (Lipinski definition) is 1. The van der Waals surface area contributed by atoms with Gasteiger partial charge in [0.25, 0.3) is 0 Å². The number of aromatic nitrogens is 1. The number of anilines is 1. The van der Waals surface area contributed by atoms with Crippen LogP contribution in [0.5, 0.6) is 0 Å². The van der Waals surface area contributed by atoms with Gasteiger partial charge in [0.05, 0.1) is 4.88 Å². The molecule has 0 saturated carbocycles. The van der Waals surface area contributed by atoms with Crippen LogP contribution in [0.1, 0.15) is 10.4 Å². The molecule has 76 valence electrons. The Kier molecular flexibility index (Phi) is 2.71. The molecule has 0 aliphatic heterocycles. The van der Waals surface area contributed by atoms with E-state index in [4.69, 9.17) is 5.26 Å². The summed E-state index contributed by atoms with van der Waals surface area (Å²) < 4.78 is 0. The molecule has 15 heavy (non-hydrogen) atoms. The first kappa shape index (κ1) is 10.1. The molecule has 0 aliphatic carbocycles. The molecule has 0 amide bonds. The molecule has 0 bridgehead atoms. The summed E-state index contributed by atoms with van der Waals surface area (Å²) in [6.07, 6.45) is 0. The summed E-state index contributed by atoms with van der Waals surface area (Å²) in [5.74, 6) is 0. The van der Waals surface area contributed by atoms with E-state index in [0.29, 0.717) is 4.88 Å². The standard InChI is InChI=1S/C10H9N3S2/c1-6-3-4-14-9(6)8-7(5-11)15-10(12-2)13-8/h3-4H,1-2H3,(H,12,13). The van der Waals surface area contributed by atoms with E-state index in [9.17, 15) is 0 Å². The number of aryl methyl sites for hydroxylation is 1. The minimum atomic E-state index is 0.671. The van der Waals surface area contributed by atoms with Crippen molar-refractivity contribution in [1.82, 2.24) is 4.98 Å². The number of nitriles is 1. The van der Waals surface area contributed by atoms with E-state index in [1.165, 1.54) is 16.9 Å². The summed E-state index contributed by atoms with van der Waals surface area (Å²) >= 11 is 3.01. The highest BCUT2D eigenvalue weighted by molar-refractivity contribution is 7.17. The second kappa shape index (κ2) is 4.01. The summed E-state index contributed by atoms with van der Waals surface area (Å²) in [6, 6.07) is 4.23. The van der Waals surface area contributed by atoms with Crippen LogP contribution >= 0.6 is 22.7 Å². The second-order valence-corrected chi connectivity index (χ2v) is 4.91. The molecule has 2 heterocycles. The minimum Gasteiger partial charge on any atom is -0.365 e. The molecule has 0 aromatic carbocycles. The summed E-state index contributed by atoms with van der Waals surface area (Å²) in [6.45, 7) is 2.03. The maximum Gasteiger partial charge on any atom is 0.184 e. The van der Waals surface area contributed by atoms with Crippen molar-refractivity contribution in [2.75, 3.05) is 12.4 Å². The van der Waals surface area contributed by atoms with Crippen LogP contribution in [0.3, 0.4) is 0 Å². The van der Waals surface area contributed by atoms with Gasteiger partial charge in [-0.15, -0.1) is 11.3 Å². The van der Waals surface area contributed by atoms with Gasteiger partial charge >= 0.3 is 0 Å². The van der Waals surface area contributed by atoms with Gasteiger partial charge in [-0.05, 0) is 23.9 Å². The SMILES string of the molecule is CNc1nc(-c2sccc2C)c(C#N)s1. The van der Waals surface area contributed by atoms with Gasteiger partial charge in [0.15, 0.2) is 5.13 Å². The van der Waals surface area contributed by atoms with Crippen LogP contribution in [-0.2, 0) is 0 Å². The zero-order valence-corrected chi connectivity index (χ0v) is 10.00. The van der Waals surface area contributed by atoms with Gasteiger partial charge in [-0.3, -0.25) is 0 Å². The molecule has 0 radical (unpaired) electrons. The molecular formula is C10H9N3S2. The fourth-order valence-electron chi connectivity index (χ4n) is 1.27. The molecule has 2 aromatic rings. The van der Waals surface area contributed by atoms with Gasteiger partial charge in [-0.25, -0.2) is 4.98 Å². The summed E-state index contributed by atoms with van der Waals surface area (Å²) in [5, 5.41) is 14.8. The number of hydrogen-bond acceptors (Lipinski definition) is 5. The lowest BCUT2D eigenvalue weighted by atomic mass is 10.2. The normalized spacial score (nSPS) is 9.93. The van der Waals surface area contributed by atoms with Crippen molar-refractivity contribution in [3.8, 4) is 16.6 Å². The minimum absolute atomic E-state index is 0.671. The van der Waals surface area contributed by atoms with Crippen molar-refractivity contribution in [3.05, 3.63) is 21.9 Å². The number of thiophene rings is 1.